The van der Waals surface area contributed by atoms with E-state index in [1.54, 1.807) is 6.07 Å². The van der Waals surface area contributed by atoms with Gasteiger partial charge in [-0.2, -0.15) is 0 Å². The molecule has 0 unspecified atom stereocenters. The number of hydrogen-bond donors (Lipinski definition) is 1. The number of nitrogens with zero attached hydrogens (tertiary/aromatic N) is 1. The maximum Gasteiger partial charge on any atom is 0.339 e. The van der Waals surface area contributed by atoms with Gasteiger partial charge in [0.1, 0.15) is 11.3 Å². The Bertz CT molecular complexity index is 833. The lowest BCUT2D eigenvalue weighted by Crippen LogP contribution is -2.36. The summed E-state index contributed by atoms with van der Waals surface area (Å²) in [5.74, 6) is 0.239. The van der Waals surface area contributed by atoms with Crippen molar-refractivity contribution in [1.82, 2.24) is 4.90 Å². The van der Waals surface area contributed by atoms with E-state index in [-0.39, 0.29) is 11.4 Å². The predicted octanol–water partition coefficient (Wildman–Crippen LogP) is 4.14. The Morgan fingerprint density at radius 1 is 1.12 bits per heavy atom. The molecule has 0 bridgehead atoms. The minimum absolute atomic E-state index is 0.215. The number of benzene rings is 1. The van der Waals surface area contributed by atoms with Gasteiger partial charge in [-0.15, -0.1) is 0 Å². The maximum atomic E-state index is 12.4. The number of phenolic OH excluding ortho intramolecular Hbond substituents is 1. The van der Waals surface area contributed by atoms with Crippen LogP contribution in [0.15, 0.2) is 21.3 Å². The van der Waals surface area contributed by atoms with Crippen LogP contribution in [0.1, 0.15) is 62.1 Å². The zero-order chi connectivity index (χ0) is 17.4. The van der Waals surface area contributed by atoms with Crippen molar-refractivity contribution >= 4 is 11.0 Å². The summed E-state index contributed by atoms with van der Waals surface area (Å²) < 4.78 is 5.71. The van der Waals surface area contributed by atoms with Crippen molar-refractivity contribution in [2.24, 2.45) is 0 Å². The van der Waals surface area contributed by atoms with Crippen molar-refractivity contribution in [3.8, 4) is 5.75 Å². The zero-order valence-electron chi connectivity index (χ0n) is 15.0. The average Bonchev–Trinajstić information content (AvgIpc) is 3.13. The molecule has 25 heavy (non-hydrogen) atoms. The number of rotatable bonds is 4. The standard InChI is InChI=1S/C21H27NO3/c1-2-22(14-7-4-3-5-8-14)13-18-19(23)12-11-16-15-9-6-10-17(15)21(24)25-20(16)18/h11-12,14,23H,2-10,13H2,1H3. The van der Waals surface area contributed by atoms with Gasteiger partial charge in [0.25, 0.3) is 0 Å². The normalized spacial score (nSPS) is 18.2. The zero-order valence-corrected chi connectivity index (χ0v) is 15.0. The highest BCUT2D eigenvalue weighted by Crippen LogP contribution is 2.34. The van der Waals surface area contributed by atoms with Crippen LogP contribution in [0.4, 0.5) is 0 Å². The Morgan fingerprint density at radius 2 is 1.88 bits per heavy atom. The van der Waals surface area contributed by atoms with Crippen molar-refractivity contribution in [2.45, 2.75) is 70.9 Å². The largest absolute Gasteiger partial charge is 0.507 e. The first kappa shape index (κ1) is 16.6. The summed E-state index contributed by atoms with van der Waals surface area (Å²) >= 11 is 0. The molecule has 0 spiro atoms. The SMILES string of the molecule is CCN(Cc1c(O)ccc2c3c(c(=O)oc12)CCC3)C1CCCCC1. The molecule has 0 aliphatic heterocycles. The number of phenols is 1. The van der Waals surface area contributed by atoms with Crippen LogP contribution in [-0.4, -0.2) is 22.6 Å². The molecule has 0 amide bonds. The molecule has 1 fully saturated rings. The van der Waals surface area contributed by atoms with E-state index in [0.717, 1.165) is 47.9 Å². The summed E-state index contributed by atoms with van der Waals surface area (Å²) in [6.07, 6.45) is 9.09. The van der Waals surface area contributed by atoms with Gasteiger partial charge < -0.3 is 9.52 Å². The summed E-state index contributed by atoms with van der Waals surface area (Å²) in [6, 6.07) is 4.25. The molecule has 1 aromatic heterocycles. The Morgan fingerprint density at radius 3 is 2.64 bits per heavy atom. The van der Waals surface area contributed by atoms with Gasteiger partial charge in [-0.1, -0.05) is 26.2 Å². The molecular weight excluding hydrogens is 314 g/mol. The second-order valence-corrected chi connectivity index (χ2v) is 7.50. The van der Waals surface area contributed by atoms with Gasteiger partial charge >= 0.3 is 5.63 Å². The van der Waals surface area contributed by atoms with E-state index in [1.807, 2.05) is 6.07 Å². The molecule has 2 aromatic rings. The molecule has 0 saturated heterocycles. The van der Waals surface area contributed by atoms with Gasteiger partial charge in [0, 0.05) is 23.5 Å². The number of fused-ring (bicyclic) bond motifs is 3. The van der Waals surface area contributed by atoms with Gasteiger partial charge in [-0.3, -0.25) is 4.90 Å². The van der Waals surface area contributed by atoms with Gasteiger partial charge in [-0.05, 0) is 56.3 Å². The number of hydrogen-bond acceptors (Lipinski definition) is 4. The van der Waals surface area contributed by atoms with Crippen LogP contribution in [0.3, 0.4) is 0 Å². The van der Waals surface area contributed by atoms with Gasteiger partial charge in [0.05, 0.1) is 5.56 Å². The van der Waals surface area contributed by atoms with E-state index in [0.29, 0.717) is 18.2 Å². The highest BCUT2D eigenvalue weighted by Gasteiger charge is 2.25. The molecule has 2 aliphatic carbocycles. The summed E-state index contributed by atoms with van der Waals surface area (Å²) in [7, 11) is 0. The second kappa shape index (κ2) is 6.83. The quantitative estimate of drug-likeness (QED) is 0.849. The fourth-order valence-corrected chi connectivity index (χ4v) is 4.69. The lowest BCUT2D eigenvalue weighted by atomic mass is 9.93. The van der Waals surface area contributed by atoms with Crippen LogP contribution in [0.25, 0.3) is 11.0 Å². The lowest BCUT2D eigenvalue weighted by molar-refractivity contribution is 0.154. The maximum absolute atomic E-state index is 12.4. The van der Waals surface area contributed by atoms with Gasteiger partial charge in [0.15, 0.2) is 0 Å². The minimum Gasteiger partial charge on any atom is -0.507 e. The molecule has 1 saturated carbocycles. The van der Waals surface area contributed by atoms with E-state index in [1.165, 1.54) is 32.1 Å². The van der Waals surface area contributed by atoms with E-state index >= 15 is 0 Å². The van der Waals surface area contributed by atoms with Crippen LogP contribution in [0, 0.1) is 0 Å². The lowest BCUT2D eigenvalue weighted by Gasteiger charge is -2.33. The van der Waals surface area contributed by atoms with Crippen molar-refractivity contribution in [3.63, 3.8) is 0 Å². The first-order chi connectivity index (χ1) is 12.2. The van der Waals surface area contributed by atoms with Crippen molar-refractivity contribution < 1.29 is 9.52 Å². The van der Waals surface area contributed by atoms with Crippen LogP contribution >= 0.6 is 0 Å². The molecule has 134 valence electrons. The van der Waals surface area contributed by atoms with Crippen LogP contribution in [0.2, 0.25) is 0 Å². The van der Waals surface area contributed by atoms with Crippen molar-refractivity contribution in [1.29, 1.82) is 0 Å². The van der Waals surface area contributed by atoms with Crippen molar-refractivity contribution in [2.75, 3.05) is 6.54 Å². The van der Waals surface area contributed by atoms with Crippen LogP contribution in [-0.2, 0) is 19.4 Å². The summed E-state index contributed by atoms with van der Waals surface area (Å²) in [5.41, 5.74) is 3.13. The van der Waals surface area contributed by atoms with Crippen LogP contribution < -0.4 is 5.63 Å². The molecule has 4 rings (SSSR count). The topological polar surface area (TPSA) is 53.7 Å². The third-order valence-corrected chi connectivity index (χ3v) is 6.08. The van der Waals surface area contributed by atoms with Gasteiger partial charge in [0.2, 0.25) is 0 Å². The second-order valence-electron chi connectivity index (χ2n) is 7.50. The molecule has 0 radical (unpaired) electrons. The Balaban J connectivity index is 1.77. The molecule has 1 heterocycles. The fourth-order valence-electron chi connectivity index (χ4n) is 4.69. The van der Waals surface area contributed by atoms with E-state index in [4.69, 9.17) is 4.42 Å². The predicted molar refractivity (Wildman–Crippen MR) is 99.1 cm³/mol. The summed E-state index contributed by atoms with van der Waals surface area (Å²) in [4.78, 5) is 14.8. The molecule has 1 N–H and O–H groups in total. The Hall–Kier alpha value is -1.81. The van der Waals surface area contributed by atoms with Crippen molar-refractivity contribution in [3.05, 3.63) is 39.2 Å². The molecular formula is C21H27NO3. The smallest absolute Gasteiger partial charge is 0.339 e. The Labute approximate surface area is 148 Å². The third-order valence-electron chi connectivity index (χ3n) is 6.08. The first-order valence-corrected chi connectivity index (χ1v) is 9.72. The Kier molecular flexibility index (Phi) is 4.55. The average molecular weight is 341 g/mol. The monoisotopic (exact) mass is 341 g/mol. The highest BCUT2D eigenvalue weighted by molar-refractivity contribution is 5.86. The minimum atomic E-state index is -0.215. The third kappa shape index (κ3) is 2.97. The molecule has 2 aliphatic rings. The molecule has 1 aromatic carbocycles. The first-order valence-electron chi connectivity index (χ1n) is 9.72. The number of aryl methyl sites for hydroxylation is 1. The summed E-state index contributed by atoms with van der Waals surface area (Å²) in [5, 5.41) is 11.5. The van der Waals surface area contributed by atoms with E-state index in [9.17, 15) is 9.90 Å². The highest BCUT2D eigenvalue weighted by atomic mass is 16.4. The van der Waals surface area contributed by atoms with Gasteiger partial charge in [-0.25, -0.2) is 4.79 Å². The van der Waals surface area contributed by atoms with E-state index < -0.39 is 0 Å². The number of aromatic hydroxyl groups is 1. The molecule has 0 atom stereocenters. The van der Waals surface area contributed by atoms with Crippen LogP contribution in [0.5, 0.6) is 5.75 Å². The molecule has 4 heteroatoms. The van der Waals surface area contributed by atoms with E-state index in [2.05, 4.69) is 11.8 Å². The fraction of sp³-hybridized carbons (Fsp3) is 0.571. The molecule has 4 nitrogen and oxygen atoms in total. The summed E-state index contributed by atoms with van der Waals surface area (Å²) in [6.45, 7) is 3.76.